The Morgan fingerprint density at radius 3 is 2.39 bits per heavy atom. The number of sulfonamides is 1. The molecule has 1 amide bonds. The molecule has 0 bridgehead atoms. The van der Waals surface area contributed by atoms with Crippen LogP contribution in [0.2, 0.25) is 5.02 Å². The van der Waals surface area contributed by atoms with Gasteiger partial charge in [-0.3, -0.25) is 9.52 Å². The first-order valence-electron chi connectivity index (χ1n) is 11.0. The minimum atomic E-state index is -4.67. The quantitative estimate of drug-likeness (QED) is 0.454. The number of hydrogen-bond acceptors (Lipinski definition) is 6. The molecule has 4 rings (SSSR count). The summed E-state index contributed by atoms with van der Waals surface area (Å²) in [5, 5.41) is 9.25. The zero-order valence-corrected chi connectivity index (χ0v) is 20.9. The van der Waals surface area contributed by atoms with E-state index in [2.05, 4.69) is 9.71 Å². The molecule has 1 fully saturated rings. The standard InChI is InChI=1S/C24H18ClF4N5O3S/c25-20-12-17(5-6-21(20)26)38(36,37)32-16-11-15(13-30)22(31-14-16)33-7-9-34(10-8-33)23(35)18-3-1-2-4-19(18)24(27,28)29/h1-6,11-12,14,32H,7-10H2. The number of halogens is 5. The molecule has 0 aliphatic carbocycles. The van der Waals surface area contributed by atoms with Crippen LogP contribution in [0.5, 0.6) is 0 Å². The number of piperazine rings is 1. The van der Waals surface area contributed by atoms with Crippen molar-refractivity contribution in [3.8, 4) is 6.07 Å². The number of carbonyl (C=O) groups excluding carboxylic acids is 1. The third-order valence-corrected chi connectivity index (χ3v) is 7.44. The second-order valence-electron chi connectivity index (χ2n) is 8.21. The van der Waals surface area contributed by atoms with Gasteiger partial charge in [-0.25, -0.2) is 17.8 Å². The molecule has 1 saturated heterocycles. The maximum Gasteiger partial charge on any atom is 0.417 e. The fourth-order valence-electron chi connectivity index (χ4n) is 3.91. The van der Waals surface area contributed by atoms with Crippen molar-refractivity contribution in [1.82, 2.24) is 9.88 Å². The Kier molecular flexibility index (Phi) is 7.48. The van der Waals surface area contributed by atoms with Crippen molar-refractivity contribution >= 4 is 39.0 Å². The number of nitrogens with zero attached hydrogens (tertiary/aromatic N) is 4. The van der Waals surface area contributed by atoms with E-state index in [0.717, 1.165) is 30.3 Å². The number of nitriles is 1. The second-order valence-corrected chi connectivity index (χ2v) is 10.3. The number of rotatable bonds is 5. The highest BCUT2D eigenvalue weighted by molar-refractivity contribution is 7.92. The highest BCUT2D eigenvalue weighted by Gasteiger charge is 2.36. The molecule has 1 aromatic heterocycles. The molecule has 1 N–H and O–H groups in total. The first kappa shape index (κ1) is 27.2. The van der Waals surface area contributed by atoms with Crippen molar-refractivity contribution in [3.05, 3.63) is 82.3 Å². The molecule has 38 heavy (non-hydrogen) atoms. The Morgan fingerprint density at radius 1 is 1.08 bits per heavy atom. The first-order chi connectivity index (χ1) is 17.9. The third kappa shape index (κ3) is 5.66. The van der Waals surface area contributed by atoms with Crippen molar-refractivity contribution in [2.75, 3.05) is 35.8 Å². The lowest BCUT2D eigenvalue weighted by Crippen LogP contribution is -2.49. The van der Waals surface area contributed by atoms with Crippen LogP contribution in [-0.2, 0) is 16.2 Å². The van der Waals surface area contributed by atoms with Gasteiger partial charge in [0, 0.05) is 26.2 Å². The van der Waals surface area contributed by atoms with Gasteiger partial charge in [0.15, 0.2) is 0 Å². The van der Waals surface area contributed by atoms with Crippen LogP contribution in [0.4, 0.5) is 29.1 Å². The predicted octanol–water partition coefficient (Wildman–Crippen LogP) is 4.53. The van der Waals surface area contributed by atoms with E-state index >= 15 is 0 Å². The van der Waals surface area contributed by atoms with E-state index in [1.54, 1.807) is 4.90 Å². The summed E-state index contributed by atoms with van der Waals surface area (Å²) >= 11 is 5.67. The molecule has 3 aromatic rings. The molecule has 8 nitrogen and oxygen atoms in total. The molecule has 2 heterocycles. The van der Waals surface area contributed by atoms with Gasteiger partial charge in [-0.1, -0.05) is 23.7 Å². The van der Waals surface area contributed by atoms with E-state index in [9.17, 15) is 36.0 Å². The number of carbonyl (C=O) groups is 1. The number of alkyl halides is 3. The van der Waals surface area contributed by atoms with Crippen LogP contribution in [0.3, 0.4) is 0 Å². The summed E-state index contributed by atoms with van der Waals surface area (Å²) in [6, 6.07) is 10.7. The normalized spacial score (nSPS) is 14.2. The largest absolute Gasteiger partial charge is 0.417 e. The van der Waals surface area contributed by atoms with E-state index in [0.29, 0.717) is 0 Å². The molecule has 0 unspecified atom stereocenters. The SMILES string of the molecule is N#Cc1cc(NS(=O)(=O)c2ccc(F)c(Cl)c2)cnc1N1CCN(C(=O)c2ccccc2C(F)(F)F)CC1. The van der Waals surface area contributed by atoms with Gasteiger partial charge < -0.3 is 9.80 Å². The summed E-state index contributed by atoms with van der Waals surface area (Å²) in [6.07, 6.45) is -3.48. The molecule has 0 radical (unpaired) electrons. The molecule has 0 spiro atoms. The maximum atomic E-state index is 13.4. The zero-order valence-electron chi connectivity index (χ0n) is 19.3. The molecular formula is C24H18ClF4N5O3S. The number of aromatic nitrogens is 1. The molecule has 1 aliphatic rings. The van der Waals surface area contributed by atoms with Gasteiger partial charge in [0.05, 0.1) is 38.5 Å². The van der Waals surface area contributed by atoms with E-state index in [-0.39, 0.29) is 53.2 Å². The Hall–Kier alpha value is -3.89. The fourth-order valence-corrected chi connectivity index (χ4v) is 5.22. The molecule has 1 aliphatic heterocycles. The van der Waals surface area contributed by atoms with Gasteiger partial charge in [-0.2, -0.15) is 18.4 Å². The van der Waals surface area contributed by atoms with Crippen LogP contribution in [-0.4, -0.2) is 50.4 Å². The van der Waals surface area contributed by atoms with Crippen LogP contribution in [0.25, 0.3) is 0 Å². The Bertz CT molecular complexity index is 1530. The van der Waals surface area contributed by atoms with Gasteiger partial charge in [0.25, 0.3) is 15.9 Å². The predicted molar refractivity (Wildman–Crippen MR) is 131 cm³/mol. The molecule has 2 aromatic carbocycles. The first-order valence-corrected chi connectivity index (χ1v) is 12.9. The van der Waals surface area contributed by atoms with Crippen molar-refractivity contribution in [3.63, 3.8) is 0 Å². The summed E-state index contributed by atoms with van der Waals surface area (Å²) in [5.74, 6) is -1.31. The lowest BCUT2D eigenvalue weighted by molar-refractivity contribution is -0.138. The van der Waals surface area contributed by atoms with Crippen molar-refractivity contribution in [2.24, 2.45) is 0 Å². The number of hydrogen-bond donors (Lipinski definition) is 1. The number of pyridine rings is 1. The third-order valence-electron chi connectivity index (χ3n) is 5.77. The molecular weight excluding hydrogens is 550 g/mol. The lowest BCUT2D eigenvalue weighted by atomic mass is 10.1. The second kappa shape index (κ2) is 10.5. The average molecular weight is 568 g/mol. The number of anilines is 2. The number of nitrogens with one attached hydrogen (secondary N) is 1. The lowest BCUT2D eigenvalue weighted by Gasteiger charge is -2.36. The Balaban J connectivity index is 1.48. The van der Waals surface area contributed by atoms with Crippen molar-refractivity contribution < 1.29 is 30.8 Å². The van der Waals surface area contributed by atoms with E-state index < -0.39 is 39.1 Å². The van der Waals surface area contributed by atoms with Gasteiger partial charge in [0.2, 0.25) is 0 Å². The Morgan fingerprint density at radius 2 is 1.76 bits per heavy atom. The molecule has 0 atom stereocenters. The summed E-state index contributed by atoms with van der Waals surface area (Å²) in [6.45, 7) is 0.524. The summed E-state index contributed by atoms with van der Waals surface area (Å²) < 4.78 is 80.9. The summed E-state index contributed by atoms with van der Waals surface area (Å²) in [7, 11) is -4.16. The topological polar surface area (TPSA) is 106 Å². The minimum Gasteiger partial charge on any atom is -0.352 e. The minimum absolute atomic E-state index is 0.0247. The average Bonchev–Trinajstić information content (AvgIpc) is 2.89. The van der Waals surface area contributed by atoms with Crippen LogP contribution < -0.4 is 9.62 Å². The van der Waals surface area contributed by atoms with Crippen molar-refractivity contribution in [1.29, 1.82) is 5.26 Å². The van der Waals surface area contributed by atoms with Crippen LogP contribution in [0.1, 0.15) is 21.5 Å². The highest BCUT2D eigenvalue weighted by Crippen LogP contribution is 2.33. The summed E-state index contributed by atoms with van der Waals surface area (Å²) in [4.78, 5) is 19.7. The molecule has 198 valence electrons. The van der Waals surface area contributed by atoms with E-state index in [1.807, 2.05) is 6.07 Å². The highest BCUT2D eigenvalue weighted by atomic mass is 35.5. The van der Waals surface area contributed by atoms with E-state index in [4.69, 9.17) is 11.6 Å². The molecule has 14 heteroatoms. The van der Waals surface area contributed by atoms with Crippen LogP contribution in [0, 0.1) is 17.1 Å². The number of benzene rings is 2. The van der Waals surface area contributed by atoms with Gasteiger partial charge in [-0.15, -0.1) is 0 Å². The van der Waals surface area contributed by atoms with Crippen LogP contribution >= 0.6 is 11.6 Å². The van der Waals surface area contributed by atoms with E-state index in [1.165, 1.54) is 29.3 Å². The monoisotopic (exact) mass is 567 g/mol. The fraction of sp³-hybridized carbons (Fsp3) is 0.208. The zero-order chi connectivity index (χ0) is 27.7. The number of amides is 1. The smallest absolute Gasteiger partial charge is 0.352 e. The van der Waals surface area contributed by atoms with Crippen LogP contribution in [0.15, 0.2) is 59.6 Å². The molecule has 0 saturated carbocycles. The van der Waals surface area contributed by atoms with Gasteiger partial charge in [0.1, 0.15) is 17.7 Å². The Labute approximate surface area is 220 Å². The van der Waals surface area contributed by atoms with Crippen molar-refractivity contribution in [2.45, 2.75) is 11.1 Å². The summed E-state index contributed by atoms with van der Waals surface area (Å²) in [5.41, 5.74) is -1.45. The van der Waals surface area contributed by atoms with Gasteiger partial charge >= 0.3 is 6.18 Å². The maximum absolute atomic E-state index is 13.4. The van der Waals surface area contributed by atoms with Gasteiger partial charge in [-0.05, 0) is 36.4 Å².